The molecule has 2 aromatic rings. The van der Waals surface area contributed by atoms with Crippen LogP contribution in [-0.2, 0) is 0 Å². The lowest BCUT2D eigenvalue weighted by Crippen LogP contribution is -2.11. The van der Waals surface area contributed by atoms with Crippen LogP contribution < -0.4 is 5.32 Å². The molecule has 1 heterocycles. The first-order valence-corrected chi connectivity index (χ1v) is 7.54. The Bertz CT molecular complexity index is 688. The molecule has 0 aliphatic heterocycles. The topological polar surface area (TPSA) is 61.7 Å². The molecule has 0 radical (unpaired) electrons. The maximum absolute atomic E-state index is 13.9. The lowest BCUT2D eigenvalue weighted by atomic mass is 10.1. The molecule has 0 unspecified atom stereocenters. The highest BCUT2D eigenvalue weighted by molar-refractivity contribution is 6.33. The highest BCUT2D eigenvalue weighted by Gasteiger charge is 2.17. The summed E-state index contributed by atoms with van der Waals surface area (Å²) in [7, 11) is 0. The minimum atomic E-state index is -0.405. The molecular weight excluding hydrogens is 303 g/mol. The molecule has 0 saturated carbocycles. The number of halogens is 2. The van der Waals surface area contributed by atoms with E-state index in [1.165, 1.54) is 6.07 Å². The summed E-state index contributed by atoms with van der Waals surface area (Å²) >= 11 is 6.19. The van der Waals surface area contributed by atoms with Gasteiger partial charge in [-0.1, -0.05) is 37.1 Å². The minimum Gasteiger partial charge on any atom is -0.369 e. The van der Waals surface area contributed by atoms with Crippen molar-refractivity contribution in [2.24, 2.45) is 0 Å². The molecule has 0 atom stereocenters. The second-order valence-corrected chi connectivity index (χ2v) is 5.30. The molecule has 0 aliphatic carbocycles. The third-order valence-corrected chi connectivity index (χ3v) is 3.45. The summed E-state index contributed by atoms with van der Waals surface area (Å²) in [6.07, 6.45) is 2.00. The van der Waals surface area contributed by atoms with E-state index in [9.17, 15) is 4.39 Å². The van der Waals surface area contributed by atoms with Crippen molar-refractivity contribution in [1.29, 1.82) is 5.41 Å². The Hall–Kier alpha value is -2.01. The number of hydrogen-bond donors (Lipinski definition) is 2. The Kier molecular flexibility index (Phi) is 5.44. The van der Waals surface area contributed by atoms with E-state index in [0.717, 1.165) is 12.8 Å². The van der Waals surface area contributed by atoms with Gasteiger partial charge in [0, 0.05) is 12.3 Å². The summed E-state index contributed by atoms with van der Waals surface area (Å²) in [6, 6.07) is 6.28. The van der Waals surface area contributed by atoms with E-state index in [4.69, 9.17) is 17.0 Å². The summed E-state index contributed by atoms with van der Waals surface area (Å²) in [5.74, 6) is 0.281. The summed E-state index contributed by atoms with van der Waals surface area (Å²) in [4.78, 5) is 8.52. The molecule has 0 fully saturated rings. The van der Waals surface area contributed by atoms with Crippen LogP contribution in [0.1, 0.15) is 32.3 Å². The van der Waals surface area contributed by atoms with Gasteiger partial charge in [0.15, 0.2) is 5.82 Å². The Morgan fingerprint density at radius 3 is 2.68 bits per heavy atom. The van der Waals surface area contributed by atoms with Gasteiger partial charge in [-0.25, -0.2) is 14.4 Å². The van der Waals surface area contributed by atoms with Crippen molar-refractivity contribution >= 4 is 23.1 Å². The van der Waals surface area contributed by atoms with E-state index in [2.05, 4.69) is 22.2 Å². The first kappa shape index (κ1) is 16.4. The molecule has 22 heavy (non-hydrogen) atoms. The van der Waals surface area contributed by atoms with Crippen molar-refractivity contribution in [2.75, 3.05) is 11.9 Å². The van der Waals surface area contributed by atoms with Crippen molar-refractivity contribution in [3.8, 4) is 11.4 Å². The zero-order valence-electron chi connectivity index (χ0n) is 12.6. The second kappa shape index (κ2) is 7.31. The van der Waals surface area contributed by atoms with E-state index in [1.807, 2.05) is 0 Å². The molecule has 2 N–H and O–H groups in total. The highest BCUT2D eigenvalue weighted by Crippen LogP contribution is 2.27. The molecular formula is C16H18ClFN4. The molecule has 6 heteroatoms. The van der Waals surface area contributed by atoms with E-state index in [1.54, 1.807) is 25.1 Å². The van der Waals surface area contributed by atoms with Crippen LogP contribution in [0.3, 0.4) is 0 Å². The maximum Gasteiger partial charge on any atom is 0.166 e. The van der Waals surface area contributed by atoms with Gasteiger partial charge >= 0.3 is 0 Å². The summed E-state index contributed by atoms with van der Waals surface area (Å²) in [5, 5.41) is 11.2. The van der Waals surface area contributed by atoms with Crippen LogP contribution in [0.25, 0.3) is 11.4 Å². The number of anilines is 1. The third-order valence-electron chi connectivity index (χ3n) is 3.18. The smallest absolute Gasteiger partial charge is 0.166 e. The molecule has 0 spiro atoms. The summed E-state index contributed by atoms with van der Waals surface area (Å²) < 4.78 is 13.9. The van der Waals surface area contributed by atoms with Crippen LogP contribution >= 0.6 is 11.6 Å². The Morgan fingerprint density at radius 1 is 1.32 bits per heavy atom. The van der Waals surface area contributed by atoms with Crippen molar-refractivity contribution < 1.29 is 4.39 Å². The molecule has 4 nitrogen and oxygen atoms in total. The highest BCUT2D eigenvalue weighted by atomic mass is 35.5. The van der Waals surface area contributed by atoms with Crippen LogP contribution in [0, 0.1) is 11.2 Å². The van der Waals surface area contributed by atoms with E-state index in [-0.39, 0.29) is 22.3 Å². The molecule has 1 aromatic carbocycles. The summed E-state index contributed by atoms with van der Waals surface area (Å²) in [6.45, 7) is 4.42. The molecule has 0 amide bonds. The van der Waals surface area contributed by atoms with E-state index >= 15 is 0 Å². The Morgan fingerprint density at radius 2 is 2.05 bits per heavy atom. The average Bonchev–Trinajstić information content (AvgIpc) is 2.47. The fourth-order valence-corrected chi connectivity index (χ4v) is 2.35. The molecule has 0 aliphatic rings. The third kappa shape index (κ3) is 3.60. The second-order valence-electron chi connectivity index (χ2n) is 4.95. The van der Waals surface area contributed by atoms with Gasteiger partial charge in [0.05, 0.1) is 11.1 Å². The fraction of sp³-hybridized carbons (Fsp3) is 0.312. The predicted octanol–water partition coefficient (Wildman–Crippen LogP) is 4.54. The average molecular weight is 321 g/mol. The predicted molar refractivity (Wildman–Crippen MR) is 88.3 cm³/mol. The lowest BCUT2D eigenvalue weighted by molar-refractivity contribution is 0.630. The first-order valence-electron chi connectivity index (χ1n) is 7.16. The van der Waals surface area contributed by atoms with Crippen LogP contribution in [0.5, 0.6) is 0 Å². The van der Waals surface area contributed by atoms with Gasteiger partial charge < -0.3 is 10.7 Å². The molecule has 0 saturated heterocycles. The maximum atomic E-state index is 13.9. The van der Waals surface area contributed by atoms with Gasteiger partial charge in [-0.15, -0.1) is 0 Å². The quantitative estimate of drug-likeness (QED) is 0.467. The molecule has 2 rings (SSSR count). The molecule has 1 aromatic heterocycles. The number of nitrogens with one attached hydrogen (secondary N) is 2. The van der Waals surface area contributed by atoms with Crippen molar-refractivity contribution in [3.05, 3.63) is 40.8 Å². The number of benzene rings is 1. The lowest BCUT2D eigenvalue weighted by Gasteiger charge is -2.13. The van der Waals surface area contributed by atoms with Crippen LogP contribution in [0.4, 0.5) is 10.2 Å². The van der Waals surface area contributed by atoms with Gasteiger partial charge in [0.1, 0.15) is 16.8 Å². The number of aromatic nitrogens is 2. The number of hydrogen-bond acceptors (Lipinski definition) is 4. The molecule has 0 bridgehead atoms. The molecule has 116 valence electrons. The number of rotatable bonds is 6. The van der Waals surface area contributed by atoms with Crippen molar-refractivity contribution in [2.45, 2.75) is 26.7 Å². The van der Waals surface area contributed by atoms with E-state index < -0.39 is 5.82 Å². The fourth-order valence-electron chi connectivity index (χ4n) is 2.04. The summed E-state index contributed by atoms with van der Waals surface area (Å²) in [5.41, 5.74) is 1.01. The largest absolute Gasteiger partial charge is 0.369 e. The monoisotopic (exact) mass is 320 g/mol. The zero-order valence-corrected chi connectivity index (χ0v) is 13.3. The van der Waals surface area contributed by atoms with Gasteiger partial charge in [0.2, 0.25) is 0 Å². The number of unbranched alkanes of at least 4 members (excludes halogenated alkanes) is 1. The van der Waals surface area contributed by atoms with Gasteiger partial charge in [-0.3, -0.25) is 0 Å². The Balaban J connectivity index is 2.49. The van der Waals surface area contributed by atoms with Gasteiger partial charge in [-0.2, -0.15) is 0 Å². The van der Waals surface area contributed by atoms with Gasteiger partial charge in [0.25, 0.3) is 0 Å². The SMILES string of the molecule is CCCCNc1nc(-c2ccccc2F)nc(Cl)c1C(C)=N. The minimum absolute atomic E-state index is 0.153. The zero-order chi connectivity index (χ0) is 16.1. The first-order chi connectivity index (χ1) is 10.5. The normalized spacial score (nSPS) is 10.5. The number of nitrogens with zero attached hydrogens (tertiary/aromatic N) is 2. The van der Waals surface area contributed by atoms with Crippen molar-refractivity contribution in [1.82, 2.24) is 9.97 Å². The van der Waals surface area contributed by atoms with Gasteiger partial charge in [-0.05, 0) is 25.5 Å². The van der Waals surface area contributed by atoms with Crippen LogP contribution in [0.2, 0.25) is 5.15 Å². The van der Waals surface area contributed by atoms with Crippen LogP contribution in [0.15, 0.2) is 24.3 Å². The standard InChI is InChI=1S/C16H18ClFN4/c1-3-4-9-20-16-13(10(2)19)14(17)21-15(22-16)11-7-5-6-8-12(11)18/h5-8,19H,3-4,9H2,1-2H3,(H,20,21,22). The van der Waals surface area contributed by atoms with Crippen molar-refractivity contribution in [3.63, 3.8) is 0 Å². The van der Waals surface area contributed by atoms with E-state index in [0.29, 0.717) is 17.9 Å². The van der Waals surface area contributed by atoms with Crippen LogP contribution in [-0.4, -0.2) is 22.2 Å². The Labute approximate surface area is 134 Å².